The van der Waals surface area contributed by atoms with Gasteiger partial charge in [0.25, 0.3) is 0 Å². The van der Waals surface area contributed by atoms with E-state index in [1.807, 2.05) is 60.4 Å². The van der Waals surface area contributed by atoms with Crippen LogP contribution < -0.4 is 15.8 Å². The molecule has 3 heterocycles. The highest BCUT2D eigenvalue weighted by molar-refractivity contribution is 9.10. The number of amides is 1. The molecule has 2 aliphatic heterocycles. The zero-order chi connectivity index (χ0) is 19.3. The van der Waals surface area contributed by atoms with Gasteiger partial charge in [-0.2, -0.15) is 0 Å². The molecule has 0 radical (unpaired) electrons. The van der Waals surface area contributed by atoms with Crippen molar-refractivity contribution in [2.24, 2.45) is 5.92 Å². The summed E-state index contributed by atoms with van der Waals surface area (Å²) in [6.07, 6.45) is 1.67. The predicted octanol–water partition coefficient (Wildman–Crippen LogP) is 4.27. The zero-order valence-electron chi connectivity index (χ0n) is 15.3. The minimum absolute atomic E-state index is 0.00104. The number of anilines is 1. The fourth-order valence-corrected chi connectivity index (χ4v) is 4.62. The number of hydrogen-bond acceptors (Lipinski definition) is 4. The van der Waals surface area contributed by atoms with Crippen LogP contribution in [0.15, 0.2) is 75.8 Å². The lowest BCUT2D eigenvalue weighted by Gasteiger charge is -2.29. The number of nitrogens with zero attached hydrogens (tertiary/aromatic N) is 1. The maximum Gasteiger partial charge on any atom is 0.246 e. The van der Waals surface area contributed by atoms with E-state index in [-0.39, 0.29) is 30.0 Å². The van der Waals surface area contributed by atoms with Crippen LogP contribution in [0.2, 0.25) is 0 Å². The van der Waals surface area contributed by atoms with Gasteiger partial charge in [0.1, 0.15) is 17.8 Å². The van der Waals surface area contributed by atoms with Crippen LogP contribution in [0.3, 0.4) is 0 Å². The van der Waals surface area contributed by atoms with Gasteiger partial charge < -0.3 is 4.42 Å². The molecule has 1 amide bonds. The standard InChI is InChI=1S/C22H20BrN3O2/c1-13-4-10-16(11-5-13)26-21(17-3-2-12-28-17)18-19(24-25-20(18)22(26)27)14-6-8-15(23)9-7-14/h2-12,18-21,24-25H,1H3. The van der Waals surface area contributed by atoms with Crippen LogP contribution in [-0.2, 0) is 4.79 Å². The lowest BCUT2D eigenvalue weighted by atomic mass is 9.85. The second-order valence-corrected chi connectivity index (χ2v) is 8.29. The predicted molar refractivity (Wildman–Crippen MR) is 111 cm³/mol. The molecule has 2 aliphatic rings. The number of benzene rings is 2. The third-order valence-corrected chi connectivity index (χ3v) is 6.21. The fraction of sp³-hybridized carbons (Fsp3) is 0.227. The average molecular weight is 438 g/mol. The van der Waals surface area contributed by atoms with Gasteiger partial charge in [0.05, 0.1) is 12.3 Å². The Labute approximate surface area is 171 Å². The lowest BCUT2D eigenvalue weighted by molar-refractivity contribution is -0.119. The highest BCUT2D eigenvalue weighted by atomic mass is 79.9. The summed E-state index contributed by atoms with van der Waals surface area (Å²) in [5.41, 5.74) is 9.78. The van der Waals surface area contributed by atoms with Crippen molar-refractivity contribution in [3.05, 3.63) is 88.3 Å². The summed E-state index contributed by atoms with van der Waals surface area (Å²) < 4.78 is 6.83. The fourth-order valence-electron chi connectivity index (χ4n) is 4.36. The number of furan rings is 1. The molecule has 5 rings (SSSR count). The Hall–Kier alpha value is -2.41. The van der Waals surface area contributed by atoms with Crippen LogP contribution in [0.4, 0.5) is 5.69 Å². The Kier molecular flexibility index (Phi) is 4.34. The van der Waals surface area contributed by atoms with Gasteiger partial charge in [-0.05, 0) is 48.9 Å². The molecule has 0 saturated carbocycles. The molecule has 4 atom stereocenters. The van der Waals surface area contributed by atoms with E-state index in [9.17, 15) is 4.79 Å². The second kappa shape index (κ2) is 6.88. The monoisotopic (exact) mass is 437 g/mol. The molecule has 4 unspecified atom stereocenters. The molecule has 3 aromatic rings. The van der Waals surface area contributed by atoms with E-state index in [0.29, 0.717) is 0 Å². The van der Waals surface area contributed by atoms with E-state index >= 15 is 0 Å². The number of hydrogen-bond donors (Lipinski definition) is 2. The summed E-state index contributed by atoms with van der Waals surface area (Å²) in [5, 5.41) is 0. The smallest absolute Gasteiger partial charge is 0.246 e. The maximum atomic E-state index is 13.4. The summed E-state index contributed by atoms with van der Waals surface area (Å²) >= 11 is 3.50. The topological polar surface area (TPSA) is 57.5 Å². The van der Waals surface area contributed by atoms with Crippen molar-refractivity contribution in [2.45, 2.75) is 25.0 Å². The molecule has 6 heteroatoms. The summed E-state index contributed by atoms with van der Waals surface area (Å²) in [6.45, 7) is 2.05. The molecule has 0 spiro atoms. The van der Waals surface area contributed by atoms with Crippen molar-refractivity contribution in [3.8, 4) is 0 Å². The summed E-state index contributed by atoms with van der Waals surface area (Å²) in [4.78, 5) is 15.3. The van der Waals surface area contributed by atoms with E-state index in [4.69, 9.17) is 4.42 Å². The van der Waals surface area contributed by atoms with Gasteiger partial charge in [0.15, 0.2) is 0 Å². The minimum atomic E-state index is -0.315. The number of fused-ring (bicyclic) bond motifs is 1. The van der Waals surface area contributed by atoms with Crippen LogP contribution in [0.1, 0.15) is 29.0 Å². The molecule has 28 heavy (non-hydrogen) atoms. The third-order valence-electron chi connectivity index (χ3n) is 5.69. The van der Waals surface area contributed by atoms with Gasteiger partial charge in [0, 0.05) is 16.1 Å². The SMILES string of the molecule is Cc1ccc(N2C(=O)C3NNC(c4ccc(Br)cc4)C3C2c2ccco2)cc1. The molecule has 2 fully saturated rings. The Balaban J connectivity index is 1.60. The van der Waals surface area contributed by atoms with Gasteiger partial charge in [-0.25, -0.2) is 10.9 Å². The lowest BCUT2D eigenvalue weighted by Crippen LogP contribution is -2.41. The van der Waals surface area contributed by atoms with Crippen molar-refractivity contribution < 1.29 is 9.21 Å². The summed E-state index contributed by atoms with van der Waals surface area (Å²) in [6, 6.07) is 19.6. The Morgan fingerprint density at radius 1 is 0.964 bits per heavy atom. The van der Waals surface area contributed by atoms with Crippen molar-refractivity contribution in [1.29, 1.82) is 0 Å². The number of nitrogens with one attached hydrogen (secondary N) is 2. The van der Waals surface area contributed by atoms with Crippen LogP contribution in [0.25, 0.3) is 0 Å². The van der Waals surface area contributed by atoms with Crippen molar-refractivity contribution in [3.63, 3.8) is 0 Å². The number of carbonyl (C=O) groups is 1. The number of halogens is 1. The Bertz CT molecular complexity index is 986. The number of rotatable bonds is 3. The van der Waals surface area contributed by atoms with Gasteiger partial charge in [-0.15, -0.1) is 0 Å². The summed E-state index contributed by atoms with van der Waals surface area (Å²) in [7, 11) is 0. The maximum absolute atomic E-state index is 13.4. The van der Waals surface area contributed by atoms with E-state index in [1.54, 1.807) is 6.26 Å². The third kappa shape index (κ3) is 2.80. The van der Waals surface area contributed by atoms with Crippen molar-refractivity contribution in [2.75, 3.05) is 4.90 Å². The molecular weight excluding hydrogens is 418 g/mol. The Morgan fingerprint density at radius 3 is 2.36 bits per heavy atom. The van der Waals surface area contributed by atoms with E-state index in [2.05, 4.69) is 38.9 Å². The molecule has 2 N–H and O–H groups in total. The van der Waals surface area contributed by atoms with E-state index < -0.39 is 0 Å². The van der Waals surface area contributed by atoms with Crippen LogP contribution in [0.5, 0.6) is 0 Å². The first kappa shape index (κ1) is 17.7. The highest BCUT2D eigenvalue weighted by Crippen LogP contribution is 2.49. The van der Waals surface area contributed by atoms with Crippen molar-refractivity contribution in [1.82, 2.24) is 10.9 Å². The molecule has 2 saturated heterocycles. The van der Waals surface area contributed by atoms with Gasteiger partial charge >= 0.3 is 0 Å². The minimum Gasteiger partial charge on any atom is -0.467 e. The van der Waals surface area contributed by atoms with Crippen LogP contribution >= 0.6 is 15.9 Å². The van der Waals surface area contributed by atoms with Gasteiger partial charge in [-0.3, -0.25) is 9.69 Å². The second-order valence-electron chi connectivity index (χ2n) is 7.38. The zero-order valence-corrected chi connectivity index (χ0v) is 16.9. The molecular formula is C22H20BrN3O2. The quantitative estimate of drug-likeness (QED) is 0.642. The molecule has 1 aromatic heterocycles. The summed E-state index contributed by atoms with van der Waals surface area (Å²) in [5.74, 6) is 0.859. The average Bonchev–Trinajstić information content (AvgIpc) is 3.42. The first-order chi connectivity index (χ1) is 13.6. The highest BCUT2D eigenvalue weighted by Gasteiger charge is 2.56. The molecule has 2 aromatic carbocycles. The molecule has 0 bridgehead atoms. The normalized spacial score (nSPS) is 26.6. The first-order valence-electron chi connectivity index (χ1n) is 9.33. The molecule has 142 valence electrons. The first-order valence-corrected chi connectivity index (χ1v) is 10.1. The largest absolute Gasteiger partial charge is 0.467 e. The molecule has 0 aliphatic carbocycles. The Morgan fingerprint density at radius 2 is 1.68 bits per heavy atom. The number of hydrazine groups is 1. The number of carbonyl (C=O) groups excluding carboxylic acids is 1. The van der Waals surface area contributed by atoms with Crippen LogP contribution in [0, 0.1) is 12.8 Å². The van der Waals surface area contributed by atoms with Crippen LogP contribution in [-0.4, -0.2) is 11.9 Å². The van der Waals surface area contributed by atoms with E-state index in [0.717, 1.165) is 27.0 Å². The van der Waals surface area contributed by atoms with Gasteiger partial charge in [0.2, 0.25) is 5.91 Å². The van der Waals surface area contributed by atoms with E-state index in [1.165, 1.54) is 0 Å². The molecule has 5 nitrogen and oxygen atoms in total. The van der Waals surface area contributed by atoms with Gasteiger partial charge in [-0.1, -0.05) is 45.8 Å². The van der Waals surface area contributed by atoms with Crippen molar-refractivity contribution >= 4 is 27.5 Å². The number of aryl methyl sites for hydroxylation is 1.